The van der Waals surface area contributed by atoms with E-state index in [2.05, 4.69) is 15.1 Å². The fourth-order valence-electron chi connectivity index (χ4n) is 1.12. The highest BCUT2D eigenvalue weighted by Crippen LogP contribution is 2.10. The minimum Gasteiger partial charge on any atom is -0.444 e. The molecule has 1 heterocycles. The van der Waals surface area contributed by atoms with Crippen LogP contribution in [0.15, 0.2) is 18.2 Å². The molecule has 1 aromatic rings. The summed E-state index contributed by atoms with van der Waals surface area (Å²) >= 11 is 0. The van der Waals surface area contributed by atoms with E-state index in [9.17, 15) is 4.79 Å². The van der Waals surface area contributed by atoms with E-state index >= 15 is 0 Å². The van der Waals surface area contributed by atoms with Crippen LogP contribution < -0.4 is 11.2 Å². The van der Waals surface area contributed by atoms with Gasteiger partial charge >= 0.3 is 6.09 Å². The normalized spacial score (nSPS) is 11.1. The van der Waals surface area contributed by atoms with E-state index < -0.39 is 11.7 Å². The highest BCUT2D eigenvalue weighted by molar-refractivity contribution is 5.83. The van der Waals surface area contributed by atoms with E-state index in [1.54, 1.807) is 39.0 Å². The Kier molecular flexibility index (Phi) is 4.42. The molecule has 1 rings (SSSR count). The van der Waals surface area contributed by atoms with Gasteiger partial charge in [-0.05, 0) is 32.9 Å². The van der Waals surface area contributed by atoms with E-state index in [0.717, 1.165) is 0 Å². The molecule has 0 fully saturated rings. The maximum absolute atomic E-state index is 11.5. The second-order valence-corrected chi connectivity index (χ2v) is 4.45. The van der Waals surface area contributed by atoms with Gasteiger partial charge in [-0.2, -0.15) is 0 Å². The number of nitrogens with one attached hydrogen (secondary N) is 1. The largest absolute Gasteiger partial charge is 0.444 e. The molecule has 0 aliphatic rings. The summed E-state index contributed by atoms with van der Waals surface area (Å²) in [5, 5.41) is 2.53. The maximum Gasteiger partial charge on any atom is 0.413 e. The summed E-state index contributed by atoms with van der Waals surface area (Å²) in [6, 6.07) is 5.14. The molecule has 0 saturated carbocycles. The van der Waals surface area contributed by atoms with Crippen molar-refractivity contribution in [2.24, 2.45) is 5.90 Å². The third kappa shape index (κ3) is 5.28. The van der Waals surface area contributed by atoms with E-state index in [1.807, 2.05) is 0 Å². The lowest BCUT2D eigenvalue weighted by molar-refractivity contribution is 0.0635. The molecule has 0 aliphatic carbocycles. The van der Waals surface area contributed by atoms with Crippen LogP contribution >= 0.6 is 0 Å². The first kappa shape index (κ1) is 13.4. The van der Waals surface area contributed by atoms with Crippen molar-refractivity contribution >= 4 is 11.9 Å². The van der Waals surface area contributed by atoms with Crippen molar-refractivity contribution in [1.82, 2.24) is 4.98 Å². The van der Waals surface area contributed by atoms with Crippen molar-refractivity contribution in [3.8, 4) is 0 Å². The first-order valence-electron chi connectivity index (χ1n) is 5.18. The lowest BCUT2D eigenvalue weighted by Crippen LogP contribution is -2.27. The molecule has 17 heavy (non-hydrogen) atoms. The molecule has 6 nitrogen and oxygen atoms in total. The highest BCUT2D eigenvalue weighted by Gasteiger charge is 2.16. The average Bonchev–Trinajstić information content (AvgIpc) is 2.15. The van der Waals surface area contributed by atoms with Gasteiger partial charge < -0.3 is 4.74 Å². The van der Waals surface area contributed by atoms with Gasteiger partial charge in [0.15, 0.2) is 0 Å². The molecule has 3 N–H and O–H groups in total. The zero-order valence-corrected chi connectivity index (χ0v) is 10.2. The van der Waals surface area contributed by atoms with Crippen molar-refractivity contribution in [1.29, 1.82) is 0 Å². The van der Waals surface area contributed by atoms with Gasteiger partial charge in [-0.1, -0.05) is 6.07 Å². The molecule has 1 aromatic heterocycles. The molecular weight excluding hydrogens is 222 g/mol. The zero-order valence-electron chi connectivity index (χ0n) is 10.2. The quantitative estimate of drug-likeness (QED) is 0.786. The predicted octanol–water partition coefficient (Wildman–Crippen LogP) is 1.82. The number of hydrogen-bond acceptors (Lipinski definition) is 5. The van der Waals surface area contributed by atoms with Crippen LogP contribution in [-0.2, 0) is 16.2 Å². The Bertz CT molecular complexity index is 388. The van der Waals surface area contributed by atoms with Gasteiger partial charge in [0.25, 0.3) is 0 Å². The Balaban J connectivity index is 2.62. The van der Waals surface area contributed by atoms with Crippen LogP contribution in [0.25, 0.3) is 0 Å². The van der Waals surface area contributed by atoms with Crippen LogP contribution in [0.2, 0.25) is 0 Å². The number of nitrogens with two attached hydrogens (primary N) is 1. The number of amides is 1. The molecule has 0 aromatic carbocycles. The minimum atomic E-state index is -0.546. The van der Waals surface area contributed by atoms with E-state index in [4.69, 9.17) is 10.6 Å². The number of aromatic nitrogens is 1. The second-order valence-electron chi connectivity index (χ2n) is 4.45. The molecular formula is C11H17N3O3. The van der Waals surface area contributed by atoms with Gasteiger partial charge in [0.1, 0.15) is 18.0 Å². The monoisotopic (exact) mass is 239 g/mol. The van der Waals surface area contributed by atoms with Crippen LogP contribution in [-0.4, -0.2) is 16.7 Å². The van der Waals surface area contributed by atoms with Gasteiger partial charge in [0.05, 0.1) is 5.69 Å². The van der Waals surface area contributed by atoms with Crippen LogP contribution in [0.4, 0.5) is 10.6 Å². The fourth-order valence-corrected chi connectivity index (χ4v) is 1.12. The molecule has 0 bridgehead atoms. The molecule has 0 saturated heterocycles. The number of hydrogen-bond donors (Lipinski definition) is 2. The summed E-state index contributed by atoms with van der Waals surface area (Å²) in [5.41, 5.74) is 0.0864. The minimum absolute atomic E-state index is 0.184. The van der Waals surface area contributed by atoms with Gasteiger partial charge in [-0.15, -0.1) is 0 Å². The molecule has 94 valence electrons. The topological polar surface area (TPSA) is 86.5 Å². The van der Waals surface area contributed by atoms with E-state index in [0.29, 0.717) is 11.5 Å². The van der Waals surface area contributed by atoms with Crippen LogP contribution in [0.3, 0.4) is 0 Å². The lowest BCUT2D eigenvalue weighted by atomic mass is 10.2. The van der Waals surface area contributed by atoms with Gasteiger partial charge in [0.2, 0.25) is 0 Å². The summed E-state index contributed by atoms with van der Waals surface area (Å²) in [6.45, 7) is 5.56. The summed E-state index contributed by atoms with van der Waals surface area (Å²) in [4.78, 5) is 20.0. The first-order chi connectivity index (χ1) is 7.90. The molecule has 0 unspecified atom stereocenters. The number of carbonyl (C=O) groups is 1. The fraction of sp³-hybridized carbons (Fsp3) is 0.455. The van der Waals surface area contributed by atoms with E-state index in [1.165, 1.54) is 0 Å². The Labute approximate surface area is 100 Å². The second kappa shape index (κ2) is 5.60. The molecule has 0 radical (unpaired) electrons. The zero-order chi connectivity index (χ0) is 12.9. The molecule has 1 amide bonds. The maximum atomic E-state index is 11.5. The van der Waals surface area contributed by atoms with Gasteiger partial charge in [0, 0.05) is 0 Å². The number of pyridine rings is 1. The molecule has 0 atom stereocenters. The summed E-state index contributed by atoms with van der Waals surface area (Å²) < 4.78 is 5.10. The Morgan fingerprint density at radius 1 is 1.47 bits per heavy atom. The molecule has 0 aliphatic heterocycles. The predicted molar refractivity (Wildman–Crippen MR) is 63.1 cm³/mol. The Morgan fingerprint density at radius 3 is 2.76 bits per heavy atom. The van der Waals surface area contributed by atoms with Crippen LogP contribution in [0.5, 0.6) is 0 Å². The first-order valence-corrected chi connectivity index (χ1v) is 5.18. The van der Waals surface area contributed by atoms with Crippen molar-refractivity contribution in [3.63, 3.8) is 0 Å². The standard InChI is InChI=1S/C11H17N3O3/c1-11(2,3)17-10(15)14-9-6-4-5-8(13-9)7-16-12/h4-6H,7,12H2,1-3H3,(H,13,14,15). The third-order valence-electron chi connectivity index (χ3n) is 1.67. The van der Waals surface area contributed by atoms with Gasteiger partial charge in [-0.3, -0.25) is 10.2 Å². The smallest absolute Gasteiger partial charge is 0.413 e. The summed E-state index contributed by atoms with van der Waals surface area (Å²) in [5.74, 6) is 5.34. The van der Waals surface area contributed by atoms with Crippen molar-refractivity contribution in [2.45, 2.75) is 33.0 Å². The molecule has 6 heteroatoms. The Hall–Kier alpha value is -1.66. The van der Waals surface area contributed by atoms with Crippen LogP contribution in [0, 0.1) is 0 Å². The summed E-state index contributed by atoms with van der Waals surface area (Å²) in [6.07, 6.45) is -0.546. The van der Waals surface area contributed by atoms with Crippen molar-refractivity contribution < 1.29 is 14.4 Å². The van der Waals surface area contributed by atoms with Gasteiger partial charge in [-0.25, -0.2) is 15.7 Å². The molecule has 0 spiro atoms. The summed E-state index contributed by atoms with van der Waals surface area (Å²) in [7, 11) is 0. The SMILES string of the molecule is CC(C)(C)OC(=O)Nc1cccc(CON)n1. The third-order valence-corrected chi connectivity index (χ3v) is 1.67. The Morgan fingerprint density at radius 2 is 2.18 bits per heavy atom. The number of anilines is 1. The van der Waals surface area contributed by atoms with Crippen LogP contribution in [0.1, 0.15) is 26.5 Å². The number of rotatable bonds is 3. The lowest BCUT2D eigenvalue weighted by Gasteiger charge is -2.19. The number of nitrogens with zero attached hydrogens (tertiary/aromatic N) is 1. The van der Waals surface area contributed by atoms with E-state index in [-0.39, 0.29) is 6.61 Å². The average molecular weight is 239 g/mol. The van der Waals surface area contributed by atoms with Crippen molar-refractivity contribution in [2.75, 3.05) is 5.32 Å². The van der Waals surface area contributed by atoms with Crippen molar-refractivity contribution in [3.05, 3.63) is 23.9 Å². The number of carbonyl (C=O) groups excluding carboxylic acids is 1. The number of ether oxygens (including phenoxy) is 1. The highest BCUT2D eigenvalue weighted by atomic mass is 16.6.